The first-order valence-electron chi connectivity index (χ1n) is 11.5. The van der Waals surface area contributed by atoms with E-state index in [4.69, 9.17) is 10.5 Å². The number of ether oxygens (including phenoxy) is 1. The Labute approximate surface area is 185 Å². The van der Waals surface area contributed by atoms with Crippen molar-refractivity contribution < 1.29 is 4.74 Å². The van der Waals surface area contributed by atoms with Crippen molar-refractivity contribution in [1.82, 2.24) is 4.98 Å². The lowest BCUT2D eigenvalue weighted by molar-refractivity contribution is 0.483. The van der Waals surface area contributed by atoms with Crippen LogP contribution in [0.25, 0.3) is 22.2 Å². The van der Waals surface area contributed by atoms with Crippen LogP contribution in [-0.2, 0) is 12.8 Å². The van der Waals surface area contributed by atoms with E-state index in [1.54, 1.807) is 0 Å². The third kappa shape index (κ3) is 5.00. The van der Waals surface area contributed by atoms with Gasteiger partial charge in [0, 0.05) is 22.2 Å². The molecule has 0 amide bonds. The summed E-state index contributed by atoms with van der Waals surface area (Å²) in [5.41, 5.74) is 12.2. The number of aromatic nitrogens is 1. The fourth-order valence-corrected chi connectivity index (χ4v) is 4.20. The second-order valence-corrected chi connectivity index (χ2v) is 8.11. The minimum atomic E-state index is 0.736. The average Bonchev–Trinajstić information content (AvgIpc) is 3.18. The predicted molar refractivity (Wildman–Crippen MR) is 131 cm³/mol. The van der Waals surface area contributed by atoms with Crippen molar-refractivity contribution in [2.75, 3.05) is 6.54 Å². The van der Waals surface area contributed by atoms with Crippen LogP contribution in [0.4, 0.5) is 0 Å². The smallest absolute Gasteiger partial charge is 0.128 e. The van der Waals surface area contributed by atoms with Crippen LogP contribution in [0.5, 0.6) is 11.5 Å². The molecule has 3 nitrogen and oxygen atoms in total. The van der Waals surface area contributed by atoms with Crippen LogP contribution in [0.2, 0.25) is 0 Å². The second-order valence-electron chi connectivity index (χ2n) is 8.11. The summed E-state index contributed by atoms with van der Waals surface area (Å²) >= 11 is 0. The Balaban J connectivity index is 1.74. The van der Waals surface area contributed by atoms with Gasteiger partial charge in [-0.1, -0.05) is 61.9 Å². The number of benzene rings is 3. The van der Waals surface area contributed by atoms with Gasteiger partial charge in [-0.25, -0.2) is 0 Å². The van der Waals surface area contributed by atoms with Crippen molar-refractivity contribution in [3.05, 3.63) is 83.9 Å². The Bertz CT molecular complexity index is 1110. The maximum Gasteiger partial charge on any atom is 0.128 e. The van der Waals surface area contributed by atoms with Crippen LogP contribution in [0, 0.1) is 0 Å². The van der Waals surface area contributed by atoms with Crippen molar-refractivity contribution >= 4 is 10.9 Å². The van der Waals surface area contributed by atoms with E-state index in [1.807, 2.05) is 36.4 Å². The summed E-state index contributed by atoms with van der Waals surface area (Å²) in [5.74, 6) is 1.70. The zero-order valence-electron chi connectivity index (χ0n) is 18.4. The number of nitrogens with two attached hydrogens (primary N) is 1. The number of hydrogen-bond acceptors (Lipinski definition) is 2. The second kappa shape index (κ2) is 10.3. The van der Waals surface area contributed by atoms with Crippen LogP contribution >= 0.6 is 0 Å². The molecule has 0 aliphatic carbocycles. The van der Waals surface area contributed by atoms with Crippen molar-refractivity contribution in [3.8, 4) is 22.8 Å². The predicted octanol–water partition coefficient (Wildman–Crippen LogP) is 7.25. The van der Waals surface area contributed by atoms with Gasteiger partial charge in [-0.05, 0) is 74.0 Å². The van der Waals surface area contributed by atoms with Gasteiger partial charge in [0.25, 0.3) is 0 Å². The van der Waals surface area contributed by atoms with Crippen LogP contribution in [0.3, 0.4) is 0 Å². The number of H-pyrrole nitrogens is 1. The lowest BCUT2D eigenvalue weighted by atomic mass is 9.98. The molecule has 3 aromatic carbocycles. The molecule has 0 saturated heterocycles. The van der Waals surface area contributed by atoms with Crippen molar-refractivity contribution in [2.45, 2.75) is 45.4 Å². The molecule has 0 radical (unpaired) electrons. The molecule has 4 rings (SSSR count). The van der Waals surface area contributed by atoms with E-state index in [0.717, 1.165) is 49.3 Å². The third-order valence-corrected chi connectivity index (χ3v) is 5.81. The Morgan fingerprint density at radius 2 is 1.61 bits per heavy atom. The van der Waals surface area contributed by atoms with E-state index in [0.29, 0.717) is 0 Å². The number of para-hydroxylation sites is 2. The molecule has 0 atom stereocenters. The SMILES string of the molecule is CCCCc1cccc2c(CCCCN)c(-c3cccc(Oc4ccccc4)c3)[nH]c12. The Hall–Kier alpha value is -3.04. The molecule has 0 aliphatic rings. The minimum Gasteiger partial charge on any atom is -0.457 e. The molecule has 0 spiro atoms. The molecule has 0 bridgehead atoms. The molecule has 160 valence electrons. The standard InChI is InChI=1S/C28H32N2O/c1-2-3-11-21-12-10-18-26-25(17-7-8-19-29)28(30-27(21)26)22-13-9-16-24(20-22)31-23-14-5-4-6-15-23/h4-6,9-10,12-16,18,20,30H,2-3,7-8,11,17,19,29H2,1H3. The molecule has 1 aromatic heterocycles. The summed E-state index contributed by atoms with van der Waals surface area (Å²) in [6, 6.07) is 25.0. The lowest BCUT2D eigenvalue weighted by Crippen LogP contribution is -1.99. The molecule has 4 aromatic rings. The first kappa shape index (κ1) is 21.2. The molecule has 31 heavy (non-hydrogen) atoms. The molecule has 3 N–H and O–H groups in total. The zero-order valence-corrected chi connectivity index (χ0v) is 18.4. The van der Waals surface area contributed by atoms with Gasteiger partial charge >= 0.3 is 0 Å². The summed E-state index contributed by atoms with van der Waals surface area (Å²) in [4.78, 5) is 3.79. The number of unbranched alkanes of at least 4 members (excludes halogenated alkanes) is 2. The molecule has 1 heterocycles. The Kier molecular flexibility index (Phi) is 7.06. The first-order chi connectivity index (χ1) is 15.3. The highest BCUT2D eigenvalue weighted by Gasteiger charge is 2.15. The number of rotatable bonds is 10. The molecule has 0 aliphatic heterocycles. The highest BCUT2D eigenvalue weighted by molar-refractivity contribution is 5.93. The molecule has 0 saturated carbocycles. The van der Waals surface area contributed by atoms with Gasteiger partial charge in [0.15, 0.2) is 0 Å². The van der Waals surface area contributed by atoms with Gasteiger partial charge in [0.1, 0.15) is 11.5 Å². The number of aryl methyl sites for hydroxylation is 2. The lowest BCUT2D eigenvalue weighted by Gasteiger charge is -2.09. The van der Waals surface area contributed by atoms with Gasteiger partial charge in [-0.15, -0.1) is 0 Å². The normalized spacial score (nSPS) is 11.2. The molecular formula is C28H32N2O. The van der Waals surface area contributed by atoms with Gasteiger partial charge in [0.05, 0.1) is 0 Å². The van der Waals surface area contributed by atoms with Crippen molar-refractivity contribution in [1.29, 1.82) is 0 Å². The summed E-state index contributed by atoms with van der Waals surface area (Å²) in [5, 5.41) is 1.34. The number of aromatic amines is 1. The summed E-state index contributed by atoms with van der Waals surface area (Å²) in [6.07, 6.45) is 6.66. The van der Waals surface area contributed by atoms with Crippen molar-refractivity contribution in [2.24, 2.45) is 5.73 Å². The third-order valence-electron chi connectivity index (χ3n) is 5.81. The number of hydrogen-bond donors (Lipinski definition) is 2. The van der Waals surface area contributed by atoms with Gasteiger partial charge < -0.3 is 15.5 Å². The Morgan fingerprint density at radius 3 is 2.42 bits per heavy atom. The number of fused-ring (bicyclic) bond motifs is 1. The summed E-state index contributed by atoms with van der Waals surface area (Å²) in [7, 11) is 0. The van der Waals surface area contributed by atoms with Crippen LogP contribution in [-0.4, -0.2) is 11.5 Å². The zero-order chi connectivity index (χ0) is 21.5. The minimum absolute atomic E-state index is 0.736. The monoisotopic (exact) mass is 412 g/mol. The quantitative estimate of drug-likeness (QED) is 0.269. The van der Waals surface area contributed by atoms with E-state index in [2.05, 4.69) is 48.3 Å². The largest absolute Gasteiger partial charge is 0.457 e. The van der Waals surface area contributed by atoms with Crippen LogP contribution in [0.15, 0.2) is 72.8 Å². The molecule has 3 heteroatoms. The molecule has 0 fully saturated rings. The van der Waals surface area contributed by atoms with Crippen LogP contribution in [0.1, 0.15) is 43.7 Å². The van der Waals surface area contributed by atoms with E-state index in [1.165, 1.54) is 40.6 Å². The van der Waals surface area contributed by atoms with Crippen molar-refractivity contribution in [3.63, 3.8) is 0 Å². The van der Waals surface area contributed by atoms with Gasteiger partial charge in [-0.3, -0.25) is 0 Å². The highest BCUT2D eigenvalue weighted by Crippen LogP contribution is 2.35. The highest BCUT2D eigenvalue weighted by atomic mass is 16.5. The fourth-order valence-electron chi connectivity index (χ4n) is 4.20. The van der Waals surface area contributed by atoms with E-state index in [9.17, 15) is 0 Å². The van der Waals surface area contributed by atoms with Gasteiger partial charge in [-0.2, -0.15) is 0 Å². The maximum atomic E-state index is 6.10. The van der Waals surface area contributed by atoms with E-state index in [-0.39, 0.29) is 0 Å². The average molecular weight is 413 g/mol. The van der Waals surface area contributed by atoms with E-state index < -0.39 is 0 Å². The van der Waals surface area contributed by atoms with Crippen LogP contribution < -0.4 is 10.5 Å². The summed E-state index contributed by atoms with van der Waals surface area (Å²) < 4.78 is 6.10. The Morgan fingerprint density at radius 1 is 0.806 bits per heavy atom. The van der Waals surface area contributed by atoms with E-state index >= 15 is 0 Å². The number of nitrogens with one attached hydrogen (secondary N) is 1. The molecule has 0 unspecified atom stereocenters. The van der Waals surface area contributed by atoms with Gasteiger partial charge in [0.2, 0.25) is 0 Å². The molecular weight excluding hydrogens is 380 g/mol. The topological polar surface area (TPSA) is 51.0 Å². The maximum absolute atomic E-state index is 6.10. The summed E-state index contributed by atoms with van der Waals surface area (Å²) in [6.45, 7) is 2.98. The first-order valence-corrected chi connectivity index (χ1v) is 11.5. The fraction of sp³-hybridized carbons (Fsp3) is 0.286.